The van der Waals surface area contributed by atoms with Crippen molar-refractivity contribution >= 4 is 44.6 Å². The molecule has 0 aliphatic carbocycles. The van der Waals surface area contributed by atoms with Crippen LogP contribution in [0.3, 0.4) is 0 Å². The van der Waals surface area contributed by atoms with Gasteiger partial charge in [0.15, 0.2) is 9.84 Å². The number of rotatable bonds is 3. The number of fused-ring (bicyclic) bond motifs is 1. The van der Waals surface area contributed by atoms with Crippen molar-refractivity contribution in [2.45, 2.75) is 10.8 Å². The number of alkyl halides is 1. The van der Waals surface area contributed by atoms with Crippen LogP contribution in [-0.2, 0) is 9.84 Å². The molecular weight excluding hydrogens is 333 g/mol. The lowest BCUT2D eigenvalue weighted by atomic mass is 10.1. The summed E-state index contributed by atoms with van der Waals surface area (Å²) in [5.41, 5.74) is 0.786. The average molecular weight is 348 g/mol. The molecule has 0 saturated heterocycles. The summed E-state index contributed by atoms with van der Waals surface area (Å²) in [7, 11) is -3.34. The van der Waals surface area contributed by atoms with E-state index in [4.69, 9.17) is 23.2 Å². The number of nitrogens with zero attached hydrogens (tertiary/aromatic N) is 2. The third-order valence-corrected chi connectivity index (χ3v) is 5.98. The van der Waals surface area contributed by atoms with Gasteiger partial charge in [-0.15, -0.1) is 0 Å². The molecule has 2 heterocycles. The number of hydrogen-bond donors (Lipinski definition) is 1. The van der Waals surface area contributed by atoms with Crippen LogP contribution in [0.15, 0.2) is 23.2 Å². The minimum absolute atomic E-state index is 0.467. The molecule has 2 atom stereocenters. The summed E-state index contributed by atoms with van der Waals surface area (Å²) in [6.45, 7) is 2.01. The highest BCUT2D eigenvalue weighted by molar-refractivity contribution is 7.91. The molecule has 2 aliphatic heterocycles. The second kappa shape index (κ2) is 5.34. The number of aliphatic imine (C=N–C) groups is 1. The van der Waals surface area contributed by atoms with E-state index in [-0.39, 0.29) is 0 Å². The number of halogens is 2. The molecule has 21 heavy (non-hydrogen) atoms. The largest absolute Gasteiger partial charge is 0.370 e. The zero-order chi connectivity index (χ0) is 15.2. The van der Waals surface area contributed by atoms with Crippen LogP contribution in [0.1, 0.15) is 10.8 Å². The zero-order valence-corrected chi connectivity index (χ0v) is 13.7. The maximum absolute atomic E-state index is 12.1. The van der Waals surface area contributed by atoms with Gasteiger partial charge in [0.2, 0.25) is 0 Å². The molecule has 0 spiro atoms. The minimum atomic E-state index is -3.34. The first kappa shape index (κ1) is 14.9. The van der Waals surface area contributed by atoms with Gasteiger partial charge in [-0.1, -0.05) is 23.2 Å². The van der Waals surface area contributed by atoms with Gasteiger partial charge in [0, 0.05) is 23.5 Å². The van der Waals surface area contributed by atoms with E-state index in [1.807, 2.05) is 11.0 Å². The molecular formula is C13H15Cl2N3O2S. The molecule has 3 rings (SSSR count). The van der Waals surface area contributed by atoms with Gasteiger partial charge in [-0.25, -0.2) is 8.42 Å². The van der Waals surface area contributed by atoms with Crippen LogP contribution in [0, 0.1) is 0 Å². The van der Waals surface area contributed by atoms with Crippen molar-refractivity contribution in [1.29, 1.82) is 0 Å². The molecule has 0 bridgehead atoms. The van der Waals surface area contributed by atoms with E-state index in [1.54, 1.807) is 12.1 Å². The summed E-state index contributed by atoms with van der Waals surface area (Å²) < 4.78 is 24.2. The Morgan fingerprint density at radius 2 is 2.24 bits per heavy atom. The second-order valence-electron chi connectivity index (χ2n) is 5.21. The van der Waals surface area contributed by atoms with Crippen molar-refractivity contribution in [1.82, 2.24) is 5.32 Å². The fourth-order valence-corrected chi connectivity index (χ4v) is 5.04. The highest BCUT2D eigenvalue weighted by atomic mass is 35.5. The Bertz CT molecular complexity index is 705. The SMILES string of the molecule is CS(=O)(=O)C1c2cc(Cl)ccc2N(CC2=NCCN2)C1Cl. The van der Waals surface area contributed by atoms with E-state index < -0.39 is 20.6 Å². The van der Waals surface area contributed by atoms with Gasteiger partial charge in [0.05, 0.1) is 13.1 Å². The van der Waals surface area contributed by atoms with E-state index in [0.29, 0.717) is 17.1 Å². The van der Waals surface area contributed by atoms with Crippen LogP contribution in [-0.4, -0.2) is 45.6 Å². The Balaban J connectivity index is 2.03. The summed E-state index contributed by atoms with van der Waals surface area (Å²) in [4.78, 5) is 6.20. The summed E-state index contributed by atoms with van der Waals surface area (Å²) in [6, 6.07) is 5.24. The van der Waals surface area contributed by atoms with Crippen molar-refractivity contribution in [3.63, 3.8) is 0 Å². The van der Waals surface area contributed by atoms with E-state index in [2.05, 4.69) is 10.3 Å². The third-order valence-electron chi connectivity index (χ3n) is 3.68. The van der Waals surface area contributed by atoms with Crippen LogP contribution < -0.4 is 10.2 Å². The first-order valence-corrected chi connectivity index (χ1v) is 9.31. The van der Waals surface area contributed by atoms with Gasteiger partial charge in [0.25, 0.3) is 0 Å². The molecule has 0 aromatic heterocycles. The summed E-state index contributed by atoms with van der Waals surface area (Å²) >= 11 is 12.5. The highest BCUT2D eigenvalue weighted by Crippen LogP contribution is 2.46. The lowest BCUT2D eigenvalue weighted by Gasteiger charge is -2.24. The number of nitrogens with one attached hydrogen (secondary N) is 1. The average Bonchev–Trinajstić information content (AvgIpc) is 2.96. The predicted molar refractivity (Wildman–Crippen MR) is 86.3 cm³/mol. The van der Waals surface area contributed by atoms with Crippen LogP contribution in [0.5, 0.6) is 0 Å². The first-order chi connectivity index (χ1) is 9.88. The normalized spacial score (nSPS) is 24.7. The van der Waals surface area contributed by atoms with E-state index >= 15 is 0 Å². The summed E-state index contributed by atoms with van der Waals surface area (Å²) in [6.07, 6.45) is 1.20. The van der Waals surface area contributed by atoms with Crippen molar-refractivity contribution in [2.75, 3.05) is 30.8 Å². The minimum Gasteiger partial charge on any atom is -0.370 e. The third kappa shape index (κ3) is 2.72. The van der Waals surface area contributed by atoms with Crippen LogP contribution in [0.25, 0.3) is 0 Å². The molecule has 1 N–H and O–H groups in total. The molecule has 1 aromatic rings. The molecule has 1 aromatic carbocycles. The van der Waals surface area contributed by atoms with Crippen molar-refractivity contribution in [2.24, 2.45) is 4.99 Å². The monoisotopic (exact) mass is 347 g/mol. The Labute approximate surface area is 133 Å². The highest BCUT2D eigenvalue weighted by Gasteiger charge is 2.43. The molecule has 2 aliphatic rings. The summed E-state index contributed by atoms with van der Waals surface area (Å²) in [5, 5.41) is 2.90. The second-order valence-corrected chi connectivity index (χ2v) is 8.26. The Hall–Kier alpha value is -0.980. The van der Waals surface area contributed by atoms with Crippen LogP contribution in [0.4, 0.5) is 5.69 Å². The molecule has 0 fully saturated rings. The fourth-order valence-electron chi connectivity index (χ4n) is 2.78. The molecule has 8 heteroatoms. The van der Waals surface area contributed by atoms with Gasteiger partial charge < -0.3 is 10.2 Å². The predicted octanol–water partition coefficient (Wildman–Crippen LogP) is 1.81. The molecule has 2 unspecified atom stereocenters. The number of amidine groups is 1. The van der Waals surface area contributed by atoms with Crippen molar-refractivity contribution < 1.29 is 8.42 Å². The van der Waals surface area contributed by atoms with E-state index in [9.17, 15) is 8.42 Å². The Kier molecular flexibility index (Phi) is 3.80. The maximum Gasteiger partial charge on any atom is 0.157 e. The van der Waals surface area contributed by atoms with E-state index in [0.717, 1.165) is 24.6 Å². The lowest BCUT2D eigenvalue weighted by molar-refractivity contribution is 0.586. The summed E-state index contributed by atoms with van der Waals surface area (Å²) in [5.74, 6) is 0.829. The number of hydrogen-bond acceptors (Lipinski definition) is 5. The van der Waals surface area contributed by atoms with Crippen LogP contribution >= 0.6 is 23.2 Å². The molecule has 5 nitrogen and oxygen atoms in total. The molecule has 114 valence electrons. The van der Waals surface area contributed by atoms with E-state index in [1.165, 1.54) is 6.26 Å². The molecule has 0 saturated carbocycles. The van der Waals surface area contributed by atoms with Gasteiger partial charge in [-0.05, 0) is 23.8 Å². The standard InChI is InChI=1S/C13H15Cl2N3O2S/c1-21(19,20)12-9-6-8(14)2-3-10(9)18(13(12)15)7-11-16-4-5-17-11/h2-3,6,12-13H,4-5,7H2,1H3,(H,16,17). The zero-order valence-electron chi connectivity index (χ0n) is 11.4. The smallest absolute Gasteiger partial charge is 0.157 e. The molecule has 0 radical (unpaired) electrons. The molecule has 0 amide bonds. The Morgan fingerprint density at radius 1 is 1.48 bits per heavy atom. The quantitative estimate of drug-likeness (QED) is 0.669. The van der Waals surface area contributed by atoms with Gasteiger partial charge in [0.1, 0.15) is 16.6 Å². The number of sulfone groups is 1. The van der Waals surface area contributed by atoms with Crippen molar-refractivity contribution in [3.05, 3.63) is 28.8 Å². The lowest BCUT2D eigenvalue weighted by Crippen LogP contribution is -2.39. The van der Waals surface area contributed by atoms with Crippen LogP contribution in [0.2, 0.25) is 5.02 Å². The van der Waals surface area contributed by atoms with Crippen molar-refractivity contribution in [3.8, 4) is 0 Å². The first-order valence-electron chi connectivity index (χ1n) is 6.54. The number of anilines is 1. The fraction of sp³-hybridized carbons (Fsp3) is 0.462. The van der Waals surface area contributed by atoms with Gasteiger partial charge in [-0.3, -0.25) is 4.99 Å². The van der Waals surface area contributed by atoms with Gasteiger partial charge in [-0.2, -0.15) is 0 Å². The maximum atomic E-state index is 12.1. The Morgan fingerprint density at radius 3 is 2.86 bits per heavy atom. The number of benzene rings is 1. The topological polar surface area (TPSA) is 61.8 Å². The van der Waals surface area contributed by atoms with Gasteiger partial charge >= 0.3 is 0 Å².